The number of ether oxygens (including phenoxy) is 1. The second-order valence-corrected chi connectivity index (χ2v) is 2.39. The lowest BCUT2D eigenvalue weighted by molar-refractivity contribution is -0.145. The first-order valence-electron chi connectivity index (χ1n) is 3.41. The predicted octanol–water partition coefficient (Wildman–Crippen LogP) is 0.385. The molecule has 2 atom stereocenters. The fourth-order valence-corrected chi connectivity index (χ4v) is 0.885. The first-order chi connectivity index (χ1) is 4.79. The van der Waals surface area contributed by atoms with E-state index in [0.29, 0.717) is 13.0 Å². The van der Waals surface area contributed by atoms with Crippen molar-refractivity contribution in [2.24, 2.45) is 11.8 Å². The second-order valence-electron chi connectivity index (χ2n) is 2.39. The summed E-state index contributed by atoms with van der Waals surface area (Å²) >= 11 is 0. The van der Waals surface area contributed by atoms with Crippen LogP contribution in [0.25, 0.3) is 0 Å². The van der Waals surface area contributed by atoms with Crippen molar-refractivity contribution in [2.75, 3.05) is 6.61 Å². The average molecular weight is 142 g/mol. The van der Waals surface area contributed by atoms with Gasteiger partial charge in [-0.25, -0.2) is 0 Å². The van der Waals surface area contributed by atoms with Crippen molar-refractivity contribution in [3.05, 3.63) is 0 Å². The van der Waals surface area contributed by atoms with Gasteiger partial charge in [0.25, 0.3) is 0 Å². The van der Waals surface area contributed by atoms with E-state index in [1.54, 1.807) is 6.92 Å². The zero-order valence-electron chi connectivity index (χ0n) is 5.87. The van der Waals surface area contributed by atoms with Gasteiger partial charge in [-0.15, -0.1) is 0 Å². The summed E-state index contributed by atoms with van der Waals surface area (Å²) in [4.78, 5) is 20.9. The van der Waals surface area contributed by atoms with Gasteiger partial charge in [-0.3, -0.25) is 4.79 Å². The molecular weight excluding hydrogens is 132 g/mol. The lowest BCUT2D eigenvalue weighted by Crippen LogP contribution is -2.07. The van der Waals surface area contributed by atoms with E-state index in [1.165, 1.54) is 0 Å². The summed E-state index contributed by atoms with van der Waals surface area (Å²) in [6, 6.07) is 0. The van der Waals surface area contributed by atoms with Gasteiger partial charge in [0.2, 0.25) is 0 Å². The van der Waals surface area contributed by atoms with E-state index in [9.17, 15) is 9.59 Å². The molecule has 0 unspecified atom stereocenters. The minimum absolute atomic E-state index is 0.0564. The maximum absolute atomic E-state index is 10.8. The van der Waals surface area contributed by atoms with Crippen LogP contribution in [0, 0.1) is 11.8 Å². The standard InChI is InChI=1S/C7H10O3/c1-2-10-7(9)6-3-5(6)4-8/h4-6H,2-3H2,1H3/t5-,6+/m1/s1. The minimum Gasteiger partial charge on any atom is -0.466 e. The Kier molecular flexibility index (Phi) is 2.04. The second kappa shape index (κ2) is 2.82. The molecule has 1 rings (SSSR count). The fourth-order valence-electron chi connectivity index (χ4n) is 0.885. The van der Waals surface area contributed by atoms with E-state index in [0.717, 1.165) is 6.29 Å². The Morgan fingerprint density at radius 1 is 1.80 bits per heavy atom. The van der Waals surface area contributed by atoms with Gasteiger partial charge in [-0.1, -0.05) is 0 Å². The largest absolute Gasteiger partial charge is 0.466 e. The molecule has 1 aliphatic rings. The molecule has 0 aromatic carbocycles. The van der Waals surface area contributed by atoms with Crippen molar-refractivity contribution in [3.8, 4) is 0 Å². The molecular formula is C7H10O3. The maximum atomic E-state index is 10.8. The Morgan fingerprint density at radius 2 is 2.50 bits per heavy atom. The maximum Gasteiger partial charge on any atom is 0.309 e. The van der Waals surface area contributed by atoms with Crippen molar-refractivity contribution >= 4 is 12.3 Å². The molecule has 10 heavy (non-hydrogen) atoms. The summed E-state index contributed by atoms with van der Waals surface area (Å²) in [5.41, 5.74) is 0. The predicted molar refractivity (Wildman–Crippen MR) is 34.3 cm³/mol. The van der Waals surface area contributed by atoms with Crippen LogP contribution in [0.2, 0.25) is 0 Å². The summed E-state index contributed by atoms with van der Waals surface area (Å²) < 4.78 is 4.70. The van der Waals surface area contributed by atoms with E-state index in [4.69, 9.17) is 4.74 Å². The SMILES string of the molecule is CCOC(=O)[C@H]1C[C@@H]1C=O. The van der Waals surface area contributed by atoms with Crippen molar-refractivity contribution in [2.45, 2.75) is 13.3 Å². The lowest BCUT2D eigenvalue weighted by atomic mass is 10.3. The Labute approximate surface area is 59.4 Å². The van der Waals surface area contributed by atoms with Crippen molar-refractivity contribution in [1.82, 2.24) is 0 Å². The molecule has 0 saturated heterocycles. The average Bonchev–Trinajstić information content (AvgIpc) is 2.66. The molecule has 3 heteroatoms. The van der Waals surface area contributed by atoms with Gasteiger partial charge < -0.3 is 9.53 Å². The van der Waals surface area contributed by atoms with Crippen LogP contribution in [0.3, 0.4) is 0 Å². The molecule has 0 heterocycles. The lowest BCUT2D eigenvalue weighted by Gasteiger charge is -1.96. The third-order valence-electron chi connectivity index (χ3n) is 1.60. The topological polar surface area (TPSA) is 43.4 Å². The summed E-state index contributed by atoms with van der Waals surface area (Å²) in [6.45, 7) is 2.16. The number of carbonyl (C=O) groups is 2. The highest BCUT2D eigenvalue weighted by atomic mass is 16.5. The van der Waals surface area contributed by atoms with Crippen LogP contribution in [0.15, 0.2) is 0 Å². The van der Waals surface area contributed by atoms with Crippen LogP contribution >= 0.6 is 0 Å². The van der Waals surface area contributed by atoms with Crippen LogP contribution in [0.1, 0.15) is 13.3 Å². The molecule has 0 radical (unpaired) electrons. The van der Waals surface area contributed by atoms with Crippen LogP contribution in [-0.4, -0.2) is 18.9 Å². The van der Waals surface area contributed by atoms with Gasteiger partial charge in [-0.2, -0.15) is 0 Å². The molecule has 1 aliphatic carbocycles. The Morgan fingerprint density at radius 3 is 2.90 bits per heavy atom. The minimum atomic E-state index is -0.223. The summed E-state index contributed by atoms with van der Waals surface area (Å²) in [7, 11) is 0. The van der Waals surface area contributed by atoms with Crippen molar-refractivity contribution in [3.63, 3.8) is 0 Å². The Balaban J connectivity index is 2.25. The molecule has 0 bridgehead atoms. The molecule has 1 saturated carbocycles. The van der Waals surface area contributed by atoms with Crippen molar-refractivity contribution in [1.29, 1.82) is 0 Å². The van der Waals surface area contributed by atoms with Crippen LogP contribution in [0.4, 0.5) is 0 Å². The molecule has 0 aromatic heterocycles. The quantitative estimate of drug-likeness (QED) is 0.422. The monoisotopic (exact) mass is 142 g/mol. The third kappa shape index (κ3) is 1.35. The molecule has 3 nitrogen and oxygen atoms in total. The third-order valence-corrected chi connectivity index (χ3v) is 1.60. The number of hydrogen-bond donors (Lipinski definition) is 0. The smallest absolute Gasteiger partial charge is 0.309 e. The number of esters is 1. The van der Waals surface area contributed by atoms with Gasteiger partial charge in [-0.05, 0) is 13.3 Å². The van der Waals surface area contributed by atoms with E-state index in [-0.39, 0.29) is 17.8 Å². The summed E-state index contributed by atoms with van der Waals surface area (Å²) in [6.07, 6.45) is 1.50. The van der Waals surface area contributed by atoms with Crippen LogP contribution in [0.5, 0.6) is 0 Å². The normalized spacial score (nSPS) is 29.3. The molecule has 0 amide bonds. The van der Waals surface area contributed by atoms with Crippen molar-refractivity contribution < 1.29 is 14.3 Å². The van der Waals surface area contributed by atoms with E-state index in [1.807, 2.05) is 0 Å². The van der Waals surface area contributed by atoms with Gasteiger partial charge in [0.1, 0.15) is 6.29 Å². The highest BCUT2D eigenvalue weighted by molar-refractivity contribution is 5.81. The number of rotatable bonds is 3. The van der Waals surface area contributed by atoms with Gasteiger partial charge in [0, 0.05) is 5.92 Å². The van der Waals surface area contributed by atoms with E-state index < -0.39 is 0 Å². The molecule has 0 aromatic rings. The molecule has 56 valence electrons. The van der Waals surface area contributed by atoms with Gasteiger partial charge in [0.05, 0.1) is 12.5 Å². The van der Waals surface area contributed by atoms with Crippen LogP contribution < -0.4 is 0 Å². The van der Waals surface area contributed by atoms with E-state index >= 15 is 0 Å². The Hall–Kier alpha value is -0.860. The molecule has 0 N–H and O–H groups in total. The fraction of sp³-hybridized carbons (Fsp3) is 0.714. The zero-order valence-corrected chi connectivity index (χ0v) is 5.87. The summed E-state index contributed by atoms with van der Waals surface area (Å²) in [5.74, 6) is -0.406. The van der Waals surface area contributed by atoms with Gasteiger partial charge in [0.15, 0.2) is 0 Å². The number of aldehydes is 1. The van der Waals surface area contributed by atoms with Gasteiger partial charge >= 0.3 is 5.97 Å². The molecule has 0 aliphatic heterocycles. The Bertz CT molecular complexity index is 153. The first-order valence-corrected chi connectivity index (χ1v) is 3.41. The van der Waals surface area contributed by atoms with E-state index in [2.05, 4.69) is 0 Å². The first kappa shape index (κ1) is 7.25. The summed E-state index contributed by atoms with van der Waals surface area (Å²) in [5, 5.41) is 0. The highest BCUT2D eigenvalue weighted by Crippen LogP contribution is 2.37. The number of hydrogen-bond acceptors (Lipinski definition) is 3. The van der Waals surface area contributed by atoms with Crippen LogP contribution in [-0.2, 0) is 14.3 Å². The molecule has 0 spiro atoms. The highest BCUT2D eigenvalue weighted by Gasteiger charge is 2.43. The zero-order chi connectivity index (χ0) is 7.56. The molecule has 1 fully saturated rings. The number of carbonyl (C=O) groups excluding carboxylic acids is 2.